The van der Waals surface area contributed by atoms with Crippen LogP contribution in [0.15, 0.2) is 36.4 Å². The minimum absolute atomic E-state index is 0.0594. The molecule has 1 amide bonds. The van der Waals surface area contributed by atoms with E-state index in [0.29, 0.717) is 54.6 Å². The Kier molecular flexibility index (Phi) is 10.1. The summed E-state index contributed by atoms with van der Waals surface area (Å²) in [4.78, 5) is 37.4. The average Bonchev–Trinajstić information content (AvgIpc) is 3.48. The number of carbonyl (C=O) groups is 3. The van der Waals surface area contributed by atoms with E-state index in [0.717, 1.165) is 0 Å². The maximum atomic E-state index is 13.3. The van der Waals surface area contributed by atoms with Crippen molar-refractivity contribution in [2.24, 2.45) is 10.8 Å². The molecule has 2 aromatic rings. The Hall–Kier alpha value is -3.85. The summed E-state index contributed by atoms with van der Waals surface area (Å²) in [6, 6.07) is 11.2. The number of nitrogens with one attached hydrogen (secondary N) is 2. The summed E-state index contributed by atoms with van der Waals surface area (Å²) in [6.07, 6.45) is 1.15. The van der Waals surface area contributed by atoms with Crippen LogP contribution in [0.5, 0.6) is 11.5 Å². The smallest absolute Gasteiger partial charge is 0.338 e. The van der Waals surface area contributed by atoms with E-state index < -0.39 is 11.9 Å². The third kappa shape index (κ3) is 6.78. The number of nitriles is 1. The lowest BCUT2D eigenvalue weighted by Gasteiger charge is -2.63. The van der Waals surface area contributed by atoms with E-state index in [-0.39, 0.29) is 46.1 Å². The maximum Gasteiger partial charge on any atom is 0.338 e. The third-order valence-electron chi connectivity index (χ3n) is 8.43. The number of nitrogens with zero attached hydrogens (tertiary/aromatic N) is 2. The Bertz CT molecular complexity index is 1440. The average molecular weight is 627 g/mol. The van der Waals surface area contributed by atoms with Crippen LogP contribution in [0.4, 0.5) is 0 Å². The van der Waals surface area contributed by atoms with E-state index in [1.54, 1.807) is 24.3 Å². The molecular formula is C32H39ClN4O7. The fourth-order valence-electron chi connectivity index (χ4n) is 6.46. The number of halogens is 1. The highest BCUT2D eigenvalue weighted by atomic mass is 35.5. The molecule has 0 radical (unpaired) electrons. The molecule has 1 aliphatic heterocycles. The number of amides is 1. The normalized spacial score (nSPS) is 21.8. The fraction of sp³-hybridized carbons (Fsp3) is 0.500. The number of benzene rings is 2. The SMILES string of the molecule is COC(=O)c1ccc(OCCCN2CCC(C(=O)NC3C(C)(C)C(Oc4ccc(C#N)c(Cl)c4)C3(C)C)N2)cc1C(=O)OC. The summed E-state index contributed by atoms with van der Waals surface area (Å²) in [5, 5.41) is 14.7. The van der Waals surface area contributed by atoms with Crippen LogP contribution in [0.1, 0.15) is 66.8 Å². The van der Waals surface area contributed by atoms with Gasteiger partial charge in [-0.15, -0.1) is 0 Å². The minimum atomic E-state index is -0.658. The Balaban J connectivity index is 1.25. The highest BCUT2D eigenvalue weighted by Gasteiger charge is 2.64. The zero-order valence-corrected chi connectivity index (χ0v) is 26.6. The van der Waals surface area contributed by atoms with E-state index in [2.05, 4.69) is 44.5 Å². The summed E-state index contributed by atoms with van der Waals surface area (Å²) < 4.78 is 21.6. The monoisotopic (exact) mass is 626 g/mol. The first-order valence-electron chi connectivity index (χ1n) is 14.4. The highest BCUT2D eigenvalue weighted by Crippen LogP contribution is 2.55. The number of carbonyl (C=O) groups excluding carboxylic acids is 3. The topological polar surface area (TPSA) is 139 Å². The second-order valence-electron chi connectivity index (χ2n) is 12.2. The molecule has 2 aromatic carbocycles. The first-order chi connectivity index (χ1) is 20.8. The first-order valence-corrected chi connectivity index (χ1v) is 14.8. The van der Waals surface area contributed by atoms with E-state index in [9.17, 15) is 14.4 Å². The predicted molar refractivity (Wildman–Crippen MR) is 162 cm³/mol. The number of rotatable bonds is 11. The number of esters is 2. The van der Waals surface area contributed by atoms with Crippen LogP contribution in [-0.4, -0.2) is 75.0 Å². The van der Waals surface area contributed by atoms with E-state index in [1.165, 1.54) is 26.4 Å². The number of hydrogen-bond acceptors (Lipinski definition) is 10. The van der Waals surface area contributed by atoms with Gasteiger partial charge in [-0.1, -0.05) is 39.3 Å². The van der Waals surface area contributed by atoms with Gasteiger partial charge in [-0.25, -0.2) is 20.0 Å². The lowest BCUT2D eigenvalue weighted by molar-refractivity contribution is -0.174. The van der Waals surface area contributed by atoms with Crippen LogP contribution >= 0.6 is 11.6 Å². The molecule has 11 nitrogen and oxygen atoms in total. The standard InChI is InChI=1S/C32H39ClN4O7/c1-31(2)29(32(3,4)30(31)44-21-9-8-19(18-34)24(33)17-21)35-26(38)25-12-14-37(36-25)13-7-15-43-20-10-11-22(27(39)41-5)23(16-20)28(40)42-6/h8-11,16-17,25,29-30,36H,7,12-15H2,1-6H3,(H,35,38). The van der Waals surface area contributed by atoms with Crippen molar-refractivity contribution in [3.05, 3.63) is 58.1 Å². The number of hydrogen-bond donors (Lipinski definition) is 2. The molecule has 1 saturated heterocycles. The molecule has 1 atom stereocenters. The Morgan fingerprint density at radius 1 is 1.02 bits per heavy atom. The van der Waals surface area contributed by atoms with Crippen LogP contribution < -0.4 is 20.2 Å². The number of hydrazine groups is 1. The molecular weight excluding hydrogens is 588 g/mol. The van der Waals surface area contributed by atoms with Crippen molar-refractivity contribution in [1.82, 2.24) is 15.8 Å². The van der Waals surface area contributed by atoms with Crippen LogP contribution in [0.2, 0.25) is 5.02 Å². The third-order valence-corrected chi connectivity index (χ3v) is 8.74. The minimum Gasteiger partial charge on any atom is -0.494 e. The molecule has 12 heteroatoms. The van der Waals surface area contributed by atoms with E-state index in [4.69, 9.17) is 35.8 Å². The van der Waals surface area contributed by atoms with Gasteiger partial charge >= 0.3 is 11.9 Å². The quantitative estimate of drug-likeness (QED) is 0.276. The molecule has 1 saturated carbocycles. The Morgan fingerprint density at radius 2 is 1.68 bits per heavy atom. The van der Waals surface area contributed by atoms with E-state index >= 15 is 0 Å². The molecule has 0 spiro atoms. The molecule has 2 fully saturated rings. The largest absolute Gasteiger partial charge is 0.494 e. The van der Waals surface area contributed by atoms with Crippen molar-refractivity contribution < 1.29 is 33.3 Å². The lowest BCUT2D eigenvalue weighted by atomic mass is 9.49. The van der Waals surface area contributed by atoms with Gasteiger partial charge in [-0.05, 0) is 43.2 Å². The summed E-state index contributed by atoms with van der Waals surface area (Å²) in [7, 11) is 2.48. The van der Waals surface area contributed by atoms with Gasteiger partial charge in [0.15, 0.2) is 0 Å². The molecule has 236 valence electrons. The maximum absolute atomic E-state index is 13.3. The van der Waals surface area contributed by atoms with Gasteiger partial charge < -0.3 is 24.3 Å². The predicted octanol–water partition coefficient (Wildman–Crippen LogP) is 4.13. The van der Waals surface area contributed by atoms with E-state index in [1.807, 2.05) is 5.01 Å². The summed E-state index contributed by atoms with van der Waals surface area (Å²) in [6.45, 7) is 10.0. The van der Waals surface area contributed by atoms with Crippen molar-refractivity contribution in [3.8, 4) is 17.6 Å². The van der Waals surface area contributed by atoms with Crippen LogP contribution in [-0.2, 0) is 14.3 Å². The highest BCUT2D eigenvalue weighted by molar-refractivity contribution is 6.31. The summed E-state index contributed by atoms with van der Waals surface area (Å²) >= 11 is 6.20. The van der Waals surface area contributed by atoms with Crippen molar-refractivity contribution in [3.63, 3.8) is 0 Å². The molecule has 1 unspecified atom stereocenters. The molecule has 1 aliphatic carbocycles. The van der Waals surface area contributed by atoms with Gasteiger partial charge in [0.05, 0.1) is 42.5 Å². The first kappa shape index (κ1) is 33.1. The molecule has 2 N–H and O–H groups in total. The number of methoxy groups -OCH3 is 2. The van der Waals surface area contributed by atoms with Gasteiger partial charge in [-0.3, -0.25) is 4.79 Å². The fourth-order valence-corrected chi connectivity index (χ4v) is 6.68. The van der Waals surface area contributed by atoms with Gasteiger partial charge in [0, 0.05) is 36.0 Å². The Morgan fingerprint density at radius 3 is 2.32 bits per heavy atom. The van der Waals surface area contributed by atoms with Crippen LogP contribution in [0.25, 0.3) is 0 Å². The van der Waals surface area contributed by atoms with Gasteiger partial charge in [0.1, 0.15) is 29.7 Å². The molecule has 2 aliphatic rings. The van der Waals surface area contributed by atoms with Crippen molar-refractivity contribution in [2.45, 2.75) is 58.7 Å². The van der Waals surface area contributed by atoms with Crippen LogP contribution in [0, 0.1) is 22.2 Å². The second kappa shape index (κ2) is 13.4. The van der Waals surface area contributed by atoms with Gasteiger partial charge in [0.2, 0.25) is 5.91 Å². The Labute approximate surface area is 262 Å². The molecule has 1 heterocycles. The number of ether oxygens (including phenoxy) is 4. The molecule has 4 rings (SSSR count). The second-order valence-corrected chi connectivity index (χ2v) is 12.6. The van der Waals surface area contributed by atoms with Gasteiger partial charge in [0.25, 0.3) is 0 Å². The van der Waals surface area contributed by atoms with Crippen molar-refractivity contribution in [2.75, 3.05) is 33.9 Å². The summed E-state index contributed by atoms with van der Waals surface area (Å²) in [5.74, 6) is -0.337. The zero-order valence-electron chi connectivity index (χ0n) is 25.9. The lowest BCUT2D eigenvalue weighted by Crippen LogP contribution is -2.75. The molecule has 0 aromatic heterocycles. The van der Waals surface area contributed by atoms with Crippen LogP contribution in [0.3, 0.4) is 0 Å². The van der Waals surface area contributed by atoms with Gasteiger partial charge in [-0.2, -0.15) is 5.26 Å². The molecule has 0 bridgehead atoms. The summed E-state index contributed by atoms with van der Waals surface area (Å²) in [5.41, 5.74) is 3.17. The molecule has 44 heavy (non-hydrogen) atoms. The van der Waals surface area contributed by atoms with Crippen molar-refractivity contribution >= 4 is 29.4 Å². The van der Waals surface area contributed by atoms with Crippen molar-refractivity contribution in [1.29, 1.82) is 5.26 Å². The zero-order chi connectivity index (χ0) is 32.2.